The van der Waals surface area contributed by atoms with Gasteiger partial charge in [-0.25, -0.2) is 4.99 Å². The lowest BCUT2D eigenvalue weighted by Gasteiger charge is -2.36. The number of nitrogens with zero attached hydrogens (tertiary/aromatic N) is 4. The first-order valence-corrected chi connectivity index (χ1v) is 11.1. The first kappa shape index (κ1) is 20.4. The average molecular weight is 414 g/mol. The van der Waals surface area contributed by atoms with Crippen molar-refractivity contribution in [3.05, 3.63) is 51.8 Å². The molecule has 0 aliphatic carbocycles. The maximum absolute atomic E-state index is 13.4. The van der Waals surface area contributed by atoms with E-state index in [1.165, 1.54) is 11.8 Å². The van der Waals surface area contributed by atoms with Crippen molar-refractivity contribution in [1.29, 1.82) is 5.26 Å². The molecule has 0 bridgehead atoms. The number of carbonyl (C=O) groups is 1. The molecule has 1 atom stereocenters. The first-order valence-electron chi connectivity index (χ1n) is 9.06. The van der Waals surface area contributed by atoms with Gasteiger partial charge >= 0.3 is 0 Å². The van der Waals surface area contributed by atoms with Gasteiger partial charge in [-0.2, -0.15) is 5.26 Å². The molecule has 1 amide bonds. The Balaban J connectivity index is 2.17. The summed E-state index contributed by atoms with van der Waals surface area (Å²) in [5.41, 5.74) is 8.53. The number of allylic oxidation sites excluding steroid dienone is 2. The molecule has 0 unspecified atom stereocenters. The lowest BCUT2D eigenvalue weighted by molar-refractivity contribution is -0.127. The zero-order chi connectivity index (χ0) is 20.4. The lowest BCUT2D eigenvalue weighted by Crippen LogP contribution is -2.42. The summed E-state index contributed by atoms with van der Waals surface area (Å²) in [5, 5.41) is 10.1. The van der Waals surface area contributed by atoms with Crippen molar-refractivity contribution in [3.63, 3.8) is 0 Å². The fourth-order valence-corrected chi connectivity index (χ4v) is 4.72. The Labute approximate surface area is 174 Å². The van der Waals surface area contributed by atoms with Crippen molar-refractivity contribution in [2.45, 2.75) is 31.7 Å². The number of fused-ring (bicyclic) bond motifs is 1. The van der Waals surface area contributed by atoms with Gasteiger partial charge in [0.15, 0.2) is 5.17 Å². The van der Waals surface area contributed by atoms with Crippen LogP contribution in [0.3, 0.4) is 0 Å². The van der Waals surface area contributed by atoms with Gasteiger partial charge in [0.2, 0.25) is 0 Å². The summed E-state index contributed by atoms with van der Waals surface area (Å²) in [5.74, 6) is 0.301. The summed E-state index contributed by atoms with van der Waals surface area (Å²) in [6.07, 6.45) is 2.02. The second kappa shape index (κ2) is 8.33. The largest absolute Gasteiger partial charge is 0.383 e. The van der Waals surface area contributed by atoms with Gasteiger partial charge in [0.1, 0.15) is 16.8 Å². The summed E-state index contributed by atoms with van der Waals surface area (Å²) < 4.78 is 0. The number of aliphatic imine (C=N–C) groups is 1. The van der Waals surface area contributed by atoms with E-state index >= 15 is 0 Å². The maximum Gasteiger partial charge on any atom is 0.254 e. The number of amidine groups is 1. The van der Waals surface area contributed by atoms with E-state index in [1.54, 1.807) is 16.7 Å². The normalized spacial score (nSPS) is 18.8. The minimum absolute atomic E-state index is 0.0487. The van der Waals surface area contributed by atoms with Gasteiger partial charge in [-0.3, -0.25) is 9.69 Å². The molecule has 6 nitrogen and oxygen atoms in total. The molecule has 3 rings (SSSR count). The zero-order valence-electron chi connectivity index (χ0n) is 16.4. The molecule has 146 valence electrons. The Hall–Kier alpha value is -2.37. The monoisotopic (exact) mass is 413 g/mol. The second-order valence-corrected chi connectivity index (χ2v) is 8.20. The number of amides is 1. The van der Waals surface area contributed by atoms with Gasteiger partial charge in [0, 0.05) is 18.0 Å². The summed E-state index contributed by atoms with van der Waals surface area (Å²) in [7, 11) is 0. The van der Waals surface area contributed by atoms with Gasteiger partial charge in [0.25, 0.3) is 5.91 Å². The van der Waals surface area contributed by atoms with Crippen molar-refractivity contribution in [1.82, 2.24) is 9.80 Å². The number of thioether (sulfide) groups is 2. The van der Waals surface area contributed by atoms with Gasteiger partial charge < -0.3 is 10.6 Å². The maximum atomic E-state index is 13.4. The van der Waals surface area contributed by atoms with E-state index in [-0.39, 0.29) is 5.91 Å². The molecule has 0 saturated heterocycles. The van der Waals surface area contributed by atoms with Crippen molar-refractivity contribution >= 4 is 34.6 Å². The third-order valence-corrected chi connectivity index (χ3v) is 6.61. The number of hydrogen-bond acceptors (Lipinski definition) is 7. The van der Waals surface area contributed by atoms with E-state index in [0.717, 1.165) is 10.5 Å². The van der Waals surface area contributed by atoms with Crippen LogP contribution < -0.4 is 5.73 Å². The van der Waals surface area contributed by atoms with Crippen molar-refractivity contribution in [2.24, 2.45) is 10.7 Å². The van der Waals surface area contributed by atoms with E-state index in [9.17, 15) is 10.1 Å². The Kier molecular flexibility index (Phi) is 6.06. The van der Waals surface area contributed by atoms with Crippen LogP contribution in [-0.4, -0.2) is 40.2 Å². The smallest absolute Gasteiger partial charge is 0.254 e. The van der Waals surface area contributed by atoms with E-state index in [1.807, 2.05) is 56.2 Å². The molecule has 0 saturated carbocycles. The molecule has 2 aliphatic rings. The van der Waals surface area contributed by atoms with E-state index in [2.05, 4.69) is 11.1 Å². The third kappa shape index (κ3) is 3.40. The molecule has 8 heteroatoms. The topological polar surface area (TPSA) is 85.7 Å². The molecule has 0 spiro atoms. The van der Waals surface area contributed by atoms with Crippen LogP contribution in [0.2, 0.25) is 0 Å². The molecule has 0 fully saturated rings. The molecular formula is C20H23N5OS2. The summed E-state index contributed by atoms with van der Waals surface area (Å²) in [6, 6.07) is 9.84. The number of carbonyl (C=O) groups excluding carboxylic acids is 1. The SMILES string of the molecule is CCN(CC)C(=O)C1=C(C)N=C2SC(C#N)=C(N)N2[C@H]1c1ccc(SC)cc1. The Morgan fingerprint density at radius 3 is 2.54 bits per heavy atom. The fraction of sp³-hybridized carbons (Fsp3) is 0.350. The number of likely N-dealkylation sites (N-methyl/N-ethyl adjacent to an activating group) is 1. The first-order chi connectivity index (χ1) is 13.5. The van der Waals surface area contributed by atoms with Crippen LogP contribution in [0.15, 0.2) is 56.1 Å². The zero-order valence-corrected chi connectivity index (χ0v) is 18.0. The van der Waals surface area contributed by atoms with E-state index in [4.69, 9.17) is 5.73 Å². The van der Waals surface area contributed by atoms with Crippen LogP contribution in [0.1, 0.15) is 32.4 Å². The molecule has 2 heterocycles. The highest BCUT2D eigenvalue weighted by Gasteiger charge is 2.42. The van der Waals surface area contributed by atoms with Crippen molar-refractivity contribution in [2.75, 3.05) is 19.3 Å². The van der Waals surface area contributed by atoms with Gasteiger partial charge in [0.05, 0.1) is 17.3 Å². The van der Waals surface area contributed by atoms with Crippen molar-refractivity contribution < 1.29 is 4.79 Å². The molecule has 0 radical (unpaired) electrons. The fourth-order valence-electron chi connectivity index (χ4n) is 3.40. The highest BCUT2D eigenvalue weighted by molar-refractivity contribution is 8.17. The van der Waals surface area contributed by atoms with E-state index < -0.39 is 6.04 Å². The number of nitriles is 1. The third-order valence-electron chi connectivity index (χ3n) is 4.89. The van der Waals surface area contributed by atoms with Crippen molar-refractivity contribution in [3.8, 4) is 6.07 Å². The minimum Gasteiger partial charge on any atom is -0.383 e. The molecule has 1 aromatic carbocycles. The van der Waals surface area contributed by atoms with Gasteiger partial charge in [-0.05, 0) is 56.5 Å². The summed E-state index contributed by atoms with van der Waals surface area (Å²) >= 11 is 2.91. The van der Waals surface area contributed by atoms with Crippen LogP contribution >= 0.6 is 23.5 Å². The number of rotatable bonds is 5. The Morgan fingerprint density at radius 1 is 1.36 bits per heavy atom. The van der Waals surface area contributed by atoms with Crippen LogP contribution in [-0.2, 0) is 4.79 Å². The molecule has 0 aromatic heterocycles. The number of hydrogen-bond donors (Lipinski definition) is 1. The van der Waals surface area contributed by atoms with E-state index in [0.29, 0.717) is 40.3 Å². The summed E-state index contributed by atoms with van der Waals surface area (Å²) in [6.45, 7) is 7.01. The second-order valence-electron chi connectivity index (χ2n) is 6.34. The highest BCUT2D eigenvalue weighted by Crippen LogP contribution is 2.45. The molecule has 28 heavy (non-hydrogen) atoms. The standard InChI is InChI=1S/C20H23N5OS2/c1-5-24(6-2)19(26)16-12(3)23-20-25(18(22)15(11-21)28-20)17(16)13-7-9-14(27-4)10-8-13/h7-10,17H,5-6,22H2,1-4H3/t17-/m0/s1. The van der Waals surface area contributed by atoms with Crippen LogP contribution in [0, 0.1) is 11.3 Å². The van der Waals surface area contributed by atoms with Crippen LogP contribution in [0.4, 0.5) is 0 Å². The number of benzene rings is 1. The predicted octanol–water partition coefficient (Wildman–Crippen LogP) is 3.66. The summed E-state index contributed by atoms with van der Waals surface area (Å²) in [4.78, 5) is 23.1. The van der Waals surface area contributed by atoms with Gasteiger partial charge in [-0.15, -0.1) is 11.8 Å². The molecule has 2 aliphatic heterocycles. The quantitative estimate of drug-likeness (QED) is 0.742. The predicted molar refractivity (Wildman–Crippen MR) is 115 cm³/mol. The Bertz CT molecular complexity index is 923. The Morgan fingerprint density at radius 2 is 2.00 bits per heavy atom. The molecular weight excluding hydrogens is 390 g/mol. The lowest BCUT2D eigenvalue weighted by atomic mass is 9.93. The van der Waals surface area contributed by atoms with Crippen LogP contribution in [0.5, 0.6) is 0 Å². The molecule has 2 N–H and O–H groups in total. The van der Waals surface area contributed by atoms with Crippen LogP contribution in [0.25, 0.3) is 0 Å². The highest BCUT2D eigenvalue weighted by atomic mass is 32.2. The van der Waals surface area contributed by atoms with Gasteiger partial charge in [-0.1, -0.05) is 12.1 Å². The average Bonchev–Trinajstić information content (AvgIpc) is 3.03. The number of nitrogens with two attached hydrogens (primary N) is 1. The minimum atomic E-state index is -0.408. The molecule has 1 aromatic rings.